The molecule has 24 heavy (non-hydrogen) atoms. The first kappa shape index (κ1) is 17.3. The molecule has 2 aromatic rings. The molecule has 0 atom stereocenters. The molecule has 132 valence electrons. The van der Waals surface area contributed by atoms with Gasteiger partial charge in [-0.1, -0.05) is 0 Å². The molecule has 1 fully saturated rings. The number of hydrogen-bond acceptors (Lipinski definition) is 6. The van der Waals surface area contributed by atoms with Crippen LogP contribution in [0.25, 0.3) is 10.2 Å². The SMILES string of the molecule is CNNCc1sc2c(c1C)c(=O)n(C1(C)CC1)c(=O)n2CCOC. The summed E-state index contributed by atoms with van der Waals surface area (Å²) in [7, 11) is 3.42. The molecule has 0 spiro atoms. The molecule has 0 radical (unpaired) electrons. The molecule has 1 aliphatic rings. The molecule has 0 aromatic carbocycles. The summed E-state index contributed by atoms with van der Waals surface area (Å²) in [5.41, 5.74) is 6.18. The molecular weight excluding hydrogens is 328 g/mol. The van der Waals surface area contributed by atoms with E-state index >= 15 is 0 Å². The molecule has 2 aromatic heterocycles. The van der Waals surface area contributed by atoms with Crippen LogP contribution >= 0.6 is 11.3 Å². The lowest BCUT2D eigenvalue weighted by Gasteiger charge is -2.16. The Morgan fingerprint density at radius 3 is 2.62 bits per heavy atom. The van der Waals surface area contributed by atoms with Crippen molar-refractivity contribution in [3.05, 3.63) is 31.3 Å². The van der Waals surface area contributed by atoms with Crippen LogP contribution in [-0.4, -0.2) is 29.9 Å². The highest BCUT2D eigenvalue weighted by Crippen LogP contribution is 2.41. The summed E-state index contributed by atoms with van der Waals surface area (Å²) in [6.07, 6.45) is 1.74. The Bertz CT molecular complexity index is 876. The molecule has 1 aliphatic carbocycles. The largest absolute Gasteiger partial charge is 0.383 e. The zero-order chi connectivity index (χ0) is 17.5. The van der Waals surface area contributed by atoms with E-state index in [1.54, 1.807) is 18.7 Å². The highest BCUT2D eigenvalue weighted by Gasteiger charge is 2.42. The minimum Gasteiger partial charge on any atom is -0.383 e. The molecule has 3 rings (SSSR count). The van der Waals surface area contributed by atoms with E-state index in [0.29, 0.717) is 25.1 Å². The second-order valence-corrected chi connectivity index (χ2v) is 7.58. The van der Waals surface area contributed by atoms with Crippen molar-refractivity contribution in [1.82, 2.24) is 20.0 Å². The van der Waals surface area contributed by atoms with Gasteiger partial charge in [0.25, 0.3) is 5.56 Å². The van der Waals surface area contributed by atoms with Gasteiger partial charge >= 0.3 is 5.69 Å². The van der Waals surface area contributed by atoms with Gasteiger partial charge in [-0.15, -0.1) is 11.3 Å². The zero-order valence-electron chi connectivity index (χ0n) is 14.6. The first-order chi connectivity index (χ1) is 11.4. The topological polar surface area (TPSA) is 77.3 Å². The van der Waals surface area contributed by atoms with Gasteiger partial charge in [-0.05, 0) is 39.3 Å². The molecule has 0 bridgehead atoms. The smallest absolute Gasteiger partial charge is 0.332 e. The van der Waals surface area contributed by atoms with Crippen molar-refractivity contribution >= 4 is 21.6 Å². The average Bonchev–Trinajstić information content (AvgIpc) is 3.19. The van der Waals surface area contributed by atoms with Crippen LogP contribution in [0, 0.1) is 6.92 Å². The summed E-state index contributed by atoms with van der Waals surface area (Å²) >= 11 is 1.50. The van der Waals surface area contributed by atoms with E-state index in [1.165, 1.54) is 15.9 Å². The molecule has 7 nitrogen and oxygen atoms in total. The van der Waals surface area contributed by atoms with E-state index in [2.05, 4.69) is 10.9 Å². The lowest BCUT2D eigenvalue weighted by Crippen LogP contribution is -2.45. The number of aromatic nitrogens is 2. The van der Waals surface area contributed by atoms with Crippen LogP contribution in [0.4, 0.5) is 0 Å². The third-order valence-corrected chi connectivity index (χ3v) is 6.08. The number of aryl methyl sites for hydroxylation is 1. The van der Waals surface area contributed by atoms with Gasteiger partial charge in [0.05, 0.1) is 24.1 Å². The molecule has 0 unspecified atom stereocenters. The molecule has 0 aliphatic heterocycles. The van der Waals surface area contributed by atoms with Crippen molar-refractivity contribution in [2.24, 2.45) is 0 Å². The standard InChI is InChI=1S/C16H24N4O3S/c1-10-11(9-18-17-3)24-14-12(10)13(21)20(16(2)5-6-16)15(22)19(14)7-8-23-4/h17-18H,5-9H2,1-4H3. The molecular formula is C16H24N4O3S. The highest BCUT2D eigenvalue weighted by atomic mass is 32.1. The fraction of sp³-hybridized carbons (Fsp3) is 0.625. The van der Waals surface area contributed by atoms with Crippen LogP contribution in [0.2, 0.25) is 0 Å². The minimum absolute atomic E-state index is 0.159. The summed E-state index contributed by atoms with van der Waals surface area (Å²) in [5, 5.41) is 0.664. The van der Waals surface area contributed by atoms with Gasteiger partial charge in [0.2, 0.25) is 0 Å². The maximum atomic E-state index is 13.1. The molecule has 0 amide bonds. The van der Waals surface area contributed by atoms with Crippen LogP contribution in [0.5, 0.6) is 0 Å². The summed E-state index contributed by atoms with van der Waals surface area (Å²) in [6, 6.07) is 0. The van der Waals surface area contributed by atoms with Gasteiger partial charge in [-0.25, -0.2) is 4.79 Å². The monoisotopic (exact) mass is 352 g/mol. The number of nitrogens with one attached hydrogen (secondary N) is 2. The van der Waals surface area contributed by atoms with Crippen molar-refractivity contribution in [1.29, 1.82) is 0 Å². The number of thiophene rings is 1. The van der Waals surface area contributed by atoms with Crippen LogP contribution in [0.1, 0.15) is 30.2 Å². The lowest BCUT2D eigenvalue weighted by atomic mass is 10.2. The predicted molar refractivity (Wildman–Crippen MR) is 95.7 cm³/mol. The molecule has 8 heteroatoms. The summed E-state index contributed by atoms with van der Waals surface area (Å²) in [4.78, 5) is 27.8. The molecule has 1 saturated carbocycles. The number of rotatable bonds is 7. The van der Waals surface area contributed by atoms with Gasteiger partial charge in [-0.2, -0.15) is 0 Å². The fourth-order valence-corrected chi connectivity index (χ4v) is 4.24. The second-order valence-electron chi connectivity index (χ2n) is 6.50. The number of nitrogens with zero attached hydrogens (tertiary/aromatic N) is 2. The number of fused-ring (bicyclic) bond motifs is 1. The van der Waals surface area contributed by atoms with Gasteiger partial charge in [-0.3, -0.25) is 24.8 Å². The Morgan fingerprint density at radius 2 is 2.04 bits per heavy atom. The van der Waals surface area contributed by atoms with Crippen molar-refractivity contribution in [3.8, 4) is 0 Å². The van der Waals surface area contributed by atoms with E-state index in [1.807, 2.05) is 13.8 Å². The van der Waals surface area contributed by atoms with Crippen LogP contribution < -0.4 is 22.1 Å². The Balaban J connectivity index is 2.29. The van der Waals surface area contributed by atoms with E-state index in [9.17, 15) is 9.59 Å². The van der Waals surface area contributed by atoms with Gasteiger partial charge in [0.15, 0.2) is 0 Å². The first-order valence-electron chi connectivity index (χ1n) is 8.11. The lowest BCUT2D eigenvalue weighted by molar-refractivity contribution is 0.186. The van der Waals surface area contributed by atoms with E-state index < -0.39 is 0 Å². The maximum absolute atomic E-state index is 13.1. The van der Waals surface area contributed by atoms with Crippen LogP contribution in [0.3, 0.4) is 0 Å². The number of hydrogen-bond donors (Lipinski definition) is 2. The van der Waals surface area contributed by atoms with E-state index in [-0.39, 0.29) is 16.8 Å². The molecule has 2 heterocycles. The Labute approximate surface area is 144 Å². The zero-order valence-corrected chi connectivity index (χ0v) is 15.4. The van der Waals surface area contributed by atoms with Crippen molar-refractivity contribution in [3.63, 3.8) is 0 Å². The fourth-order valence-electron chi connectivity index (χ4n) is 2.99. The van der Waals surface area contributed by atoms with Crippen LogP contribution in [0.15, 0.2) is 9.59 Å². The van der Waals surface area contributed by atoms with Crippen molar-refractivity contribution in [2.75, 3.05) is 20.8 Å². The van der Waals surface area contributed by atoms with Gasteiger partial charge in [0.1, 0.15) is 4.83 Å². The Kier molecular flexibility index (Phi) is 4.65. The number of hydrazine groups is 1. The summed E-state index contributed by atoms with van der Waals surface area (Å²) in [5.74, 6) is 0. The third kappa shape index (κ3) is 2.73. The maximum Gasteiger partial charge on any atom is 0.332 e. The second kappa shape index (κ2) is 6.44. The average molecular weight is 352 g/mol. The quantitative estimate of drug-likeness (QED) is 0.725. The van der Waals surface area contributed by atoms with Crippen LogP contribution in [-0.2, 0) is 23.4 Å². The van der Waals surface area contributed by atoms with E-state index in [0.717, 1.165) is 28.1 Å². The summed E-state index contributed by atoms with van der Waals surface area (Å²) in [6.45, 7) is 5.42. The highest BCUT2D eigenvalue weighted by molar-refractivity contribution is 7.18. The third-order valence-electron chi connectivity index (χ3n) is 4.77. The minimum atomic E-state index is -0.338. The van der Waals surface area contributed by atoms with Crippen molar-refractivity contribution in [2.45, 2.75) is 45.3 Å². The predicted octanol–water partition coefficient (Wildman–Crippen LogP) is 0.913. The first-order valence-corrected chi connectivity index (χ1v) is 8.93. The Hall–Kier alpha value is -1.48. The van der Waals surface area contributed by atoms with Crippen molar-refractivity contribution < 1.29 is 4.74 Å². The normalized spacial score (nSPS) is 16.0. The van der Waals surface area contributed by atoms with E-state index in [4.69, 9.17) is 4.74 Å². The Morgan fingerprint density at radius 1 is 1.33 bits per heavy atom. The number of ether oxygens (including phenoxy) is 1. The van der Waals surface area contributed by atoms with Gasteiger partial charge in [0, 0.05) is 18.5 Å². The molecule has 0 saturated heterocycles. The summed E-state index contributed by atoms with van der Waals surface area (Å²) < 4.78 is 8.32. The van der Waals surface area contributed by atoms with Gasteiger partial charge < -0.3 is 4.74 Å². The molecule has 2 N–H and O–H groups in total. The number of methoxy groups -OCH3 is 1.